The molecule has 0 bridgehead atoms. The third-order valence-corrected chi connectivity index (χ3v) is 7.48. The highest BCUT2D eigenvalue weighted by Gasteiger charge is 2.33. The normalized spacial score (nSPS) is 12.5. The van der Waals surface area contributed by atoms with Crippen LogP contribution in [0.1, 0.15) is 58.2 Å². The first-order valence-electron chi connectivity index (χ1n) is 13.2. The lowest BCUT2D eigenvalue weighted by atomic mass is 9.87. The number of rotatable bonds is 9. The molecule has 0 fully saturated rings. The van der Waals surface area contributed by atoms with Crippen molar-refractivity contribution in [2.75, 3.05) is 6.61 Å². The van der Waals surface area contributed by atoms with E-state index in [0.29, 0.717) is 27.8 Å². The number of halogens is 3. The number of carbonyl (C=O) groups is 2. The Morgan fingerprint density at radius 1 is 0.950 bits per heavy atom. The topological polar surface area (TPSA) is 58.6 Å². The Bertz CT molecular complexity index is 1330. The summed E-state index contributed by atoms with van der Waals surface area (Å²) in [4.78, 5) is 29.1. The molecule has 1 atom stereocenters. The molecule has 0 spiro atoms. The van der Waals surface area contributed by atoms with Gasteiger partial charge in [-0.3, -0.25) is 9.59 Å². The maximum atomic E-state index is 13.9. The van der Waals surface area contributed by atoms with E-state index in [0.717, 1.165) is 15.6 Å². The first-order valence-corrected chi connectivity index (χ1v) is 14.7. The molecule has 40 heavy (non-hydrogen) atoms. The van der Waals surface area contributed by atoms with Gasteiger partial charge in [0.2, 0.25) is 5.91 Å². The third-order valence-electron chi connectivity index (χ3n) is 6.27. The summed E-state index contributed by atoms with van der Waals surface area (Å²) in [5.41, 5.74) is 2.22. The van der Waals surface area contributed by atoms with Crippen LogP contribution in [0.15, 0.2) is 71.2 Å². The van der Waals surface area contributed by atoms with Gasteiger partial charge in [0.05, 0.1) is 4.47 Å². The highest BCUT2D eigenvalue weighted by molar-refractivity contribution is 9.10. The van der Waals surface area contributed by atoms with Crippen molar-refractivity contribution in [2.24, 2.45) is 0 Å². The third kappa shape index (κ3) is 9.25. The van der Waals surface area contributed by atoms with E-state index in [1.807, 2.05) is 69.3 Å². The monoisotopic (exact) mass is 646 g/mol. The number of ether oxygens (including phenoxy) is 1. The number of carbonyl (C=O) groups excluding carboxylic acids is 2. The van der Waals surface area contributed by atoms with E-state index in [4.69, 9.17) is 27.9 Å². The van der Waals surface area contributed by atoms with E-state index < -0.39 is 11.6 Å². The van der Waals surface area contributed by atoms with Crippen LogP contribution in [0.4, 0.5) is 0 Å². The molecule has 2 amide bonds. The molecule has 1 N–H and O–H groups in total. The average molecular weight is 648 g/mol. The second kappa shape index (κ2) is 13.4. The van der Waals surface area contributed by atoms with Gasteiger partial charge in [0.25, 0.3) is 5.91 Å². The van der Waals surface area contributed by atoms with Crippen molar-refractivity contribution >= 4 is 50.9 Å². The molecule has 5 nitrogen and oxygen atoms in total. The average Bonchev–Trinajstić information content (AvgIpc) is 2.85. The smallest absolute Gasteiger partial charge is 0.261 e. The van der Waals surface area contributed by atoms with Crippen molar-refractivity contribution in [3.05, 3.63) is 97.9 Å². The fraction of sp³-hybridized carbons (Fsp3) is 0.375. The lowest BCUT2D eigenvalue weighted by molar-refractivity contribution is -0.143. The van der Waals surface area contributed by atoms with Gasteiger partial charge in [0.1, 0.15) is 11.8 Å². The Morgan fingerprint density at radius 3 is 2.20 bits per heavy atom. The van der Waals surface area contributed by atoms with Crippen LogP contribution in [-0.4, -0.2) is 34.9 Å². The molecular weight excluding hydrogens is 611 g/mol. The van der Waals surface area contributed by atoms with Gasteiger partial charge in [0, 0.05) is 28.5 Å². The Morgan fingerprint density at radius 2 is 1.62 bits per heavy atom. The number of nitrogens with one attached hydrogen (secondary N) is 1. The molecule has 3 aromatic rings. The summed E-state index contributed by atoms with van der Waals surface area (Å²) >= 11 is 16.2. The Balaban J connectivity index is 1.96. The minimum absolute atomic E-state index is 0.0312. The number of benzene rings is 3. The van der Waals surface area contributed by atoms with Gasteiger partial charge in [-0.25, -0.2) is 0 Å². The van der Waals surface area contributed by atoms with Crippen LogP contribution in [0.2, 0.25) is 10.0 Å². The molecule has 0 saturated heterocycles. The summed E-state index contributed by atoms with van der Waals surface area (Å²) in [6.45, 7) is 12.0. The molecule has 3 rings (SSSR count). The predicted octanol–water partition coefficient (Wildman–Crippen LogP) is 7.99. The molecule has 0 heterocycles. The predicted molar refractivity (Wildman–Crippen MR) is 167 cm³/mol. The van der Waals surface area contributed by atoms with Gasteiger partial charge < -0.3 is 15.0 Å². The minimum atomic E-state index is -0.809. The van der Waals surface area contributed by atoms with E-state index >= 15 is 0 Å². The first-order chi connectivity index (χ1) is 18.6. The van der Waals surface area contributed by atoms with Crippen LogP contribution >= 0.6 is 39.1 Å². The van der Waals surface area contributed by atoms with E-state index in [1.165, 1.54) is 0 Å². The molecule has 214 valence electrons. The molecular formula is C32H37BrCl2N2O3. The van der Waals surface area contributed by atoms with E-state index in [1.54, 1.807) is 23.1 Å². The molecule has 0 saturated carbocycles. The van der Waals surface area contributed by atoms with Gasteiger partial charge in [-0.2, -0.15) is 0 Å². The standard InChI is InChI=1S/C32H37BrCl2N2O3/c1-31(2,3)23-13-15-28(25(33)17-23)40-20-29(38)37(19-22-12-14-24(34)18-26(22)35)27(30(39)36-32(4,5)6)16-21-10-8-7-9-11-21/h7-15,17-18,27H,16,19-20H2,1-6H3,(H,36,39). The maximum absolute atomic E-state index is 13.9. The second-order valence-electron chi connectivity index (χ2n) is 11.9. The number of amides is 2. The zero-order valence-corrected chi connectivity index (χ0v) is 27.0. The van der Waals surface area contributed by atoms with Gasteiger partial charge in [-0.1, -0.05) is 86.4 Å². The van der Waals surface area contributed by atoms with Crippen molar-refractivity contribution < 1.29 is 14.3 Å². The van der Waals surface area contributed by atoms with Gasteiger partial charge in [0.15, 0.2) is 6.61 Å². The van der Waals surface area contributed by atoms with Crippen LogP contribution < -0.4 is 10.1 Å². The summed E-state index contributed by atoms with van der Waals surface area (Å²) in [5, 5.41) is 3.96. The van der Waals surface area contributed by atoms with Crippen molar-refractivity contribution in [2.45, 2.75) is 71.5 Å². The summed E-state index contributed by atoms with van der Waals surface area (Å²) in [6.07, 6.45) is 0.323. The molecule has 8 heteroatoms. The van der Waals surface area contributed by atoms with Gasteiger partial charge in [-0.15, -0.1) is 0 Å². The highest BCUT2D eigenvalue weighted by Crippen LogP contribution is 2.32. The highest BCUT2D eigenvalue weighted by atomic mass is 79.9. The van der Waals surface area contributed by atoms with E-state index in [-0.39, 0.29) is 30.4 Å². The van der Waals surface area contributed by atoms with Gasteiger partial charge in [-0.05, 0) is 83.1 Å². The van der Waals surface area contributed by atoms with Crippen LogP contribution in [-0.2, 0) is 28.0 Å². The number of nitrogens with zero attached hydrogens (tertiary/aromatic N) is 1. The zero-order valence-electron chi connectivity index (χ0n) is 23.9. The van der Waals surface area contributed by atoms with Gasteiger partial charge >= 0.3 is 0 Å². The molecule has 0 aliphatic rings. The van der Waals surface area contributed by atoms with Crippen molar-refractivity contribution in [1.29, 1.82) is 0 Å². The van der Waals surface area contributed by atoms with Crippen LogP contribution in [0, 0.1) is 0 Å². The lowest BCUT2D eigenvalue weighted by Crippen LogP contribution is -2.55. The Labute approximate surface area is 256 Å². The summed E-state index contributed by atoms with van der Waals surface area (Å²) < 4.78 is 6.75. The maximum Gasteiger partial charge on any atom is 0.261 e. The first kappa shape index (κ1) is 32.0. The van der Waals surface area contributed by atoms with Crippen LogP contribution in [0.3, 0.4) is 0 Å². The quantitative estimate of drug-likeness (QED) is 0.256. The summed E-state index contributed by atoms with van der Waals surface area (Å²) in [6, 6.07) is 19.8. The molecule has 0 aliphatic heterocycles. The molecule has 1 unspecified atom stereocenters. The van der Waals surface area contributed by atoms with E-state index in [2.05, 4.69) is 42.0 Å². The molecule has 3 aromatic carbocycles. The molecule has 0 aromatic heterocycles. The zero-order chi connectivity index (χ0) is 29.7. The second-order valence-corrected chi connectivity index (χ2v) is 13.6. The number of hydrogen-bond donors (Lipinski definition) is 1. The minimum Gasteiger partial charge on any atom is -0.483 e. The van der Waals surface area contributed by atoms with Crippen LogP contribution in [0.25, 0.3) is 0 Å². The van der Waals surface area contributed by atoms with Crippen LogP contribution in [0.5, 0.6) is 5.75 Å². The largest absolute Gasteiger partial charge is 0.483 e. The lowest BCUT2D eigenvalue weighted by Gasteiger charge is -2.34. The molecule has 0 radical (unpaired) electrons. The van der Waals surface area contributed by atoms with Crippen molar-refractivity contribution in [3.63, 3.8) is 0 Å². The summed E-state index contributed by atoms with van der Waals surface area (Å²) in [7, 11) is 0. The SMILES string of the molecule is CC(C)(C)NC(=O)C(Cc1ccccc1)N(Cc1ccc(Cl)cc1Cl)C(=O)COc1ccc(C(C)(C)C)cc1Br. The fourth-order valence-electron chi connectivity index (χ4n) is 4.15. The van der Waals surface area contributed by atoms with Crippen molar-refractivity contribution in [3.8, 4) is 5.75 Å². The Hall–Kier alpha value is -2.54. The Kier molecular flexibility index (Phi) is 10.7. The van der Waals surface area contributed by atoms with E-state index in [9.17, 15) is 9.59 Å². The van der Waals surface area contributed by atoms with Crippen molar-refractivity contribution in [1.82, 2.24) is 10.2 Å². The summed E-state index contributed by atoms with van der Waals surface area (Å²) in [5.74, 6) is -0.0575. The fourth-order valence-corrected chi connectivity index (χ4v) is 5.11. The molecule has 0 aliphatic carbocycles. The number of hydrogen-bond acceptors (Lipinski definition) is 3.